The monoisotopic (exact) mass is 415 g/mol. The molecule has 0 saturated carbocycles. The molecule has 3 aromatic rings. The molecule has 2 aromatic heterocycles. The van der Waals surface area contributed by atoms with Gasteiger partial charge >= 0.3 is 0 Å². The van der Waals surface area contributed by atoms with Crippen LogP contribution >= 0.6 is 15.9 Å². The van der Waals surface area contributed by atoms with E-state index in [0.29, 0.717) is 30.0 Å². The summed E-state index contributed by atoms with van der Waals surface area (Å²) >= 11 is 3.39. The van der Waals surface area contributed by atoms with Gasteiger partial charge in [0.2, 0.25) is 0 Å². The van der Waals surface area contributed by atoms with Crippen molar-refractivity contribution >= 4 is 38.8 Å². The number of rotatable bonds is 7. The van der Waals surface area contributed by atoms with Gasteiger partial charge in [0, 0.05) is 30.0 Å². The number of hydrogen-bond acceptors (Lipinski definition) is 6. The molecule has 0 aliphatic heterocycles. The predicted molar refractivity (Wildman–Crippen MR) is 103 cm³/mol. The first-order valence-electron chi connectivity index (χ1n) is 8.11. The van der Waals surface area contributed by atoms with Gasteiger partial charge in [0.25, 0.3) is 5.91 Å². The molecule has 0 fully saturated rings. The lowest BCUT2D eigenvalue weighted by Gasteiger charge is -2.09. The molecule has 0 unspecified atom stereocenters. The fourth-order valence-corrected chi connectivity index (χ4v) is 2.79. The van der Waals surface area contributed by atoms with Crippen LogP contribution in [0, 0.1) is 0 Å². The fraction of sp³-hybridized carbons (Fsp3) is 0.222. The molecular weight excluding hydrogens is 398 g/mol. The molecule has 26 heavy (non-hydrogen) atoms. The average Bonchev–Trinajstić information content (AvgIpc) is 2.67. The number of anilines is 1. The standard InChI is InChI=1S/C18H18BrN5O2/c1-26-12-3-4-14(19)13(11-12)18(25)23-8-2-7-21-16-6-5-15-17(24-16)22-10-9-20-15/h3-6,9-11H,2,7-8H2,1H3,(H,23,25)(H,21,22,24). The van der Waals surface area contributed by atoms with E-state index in [1.54, 1.807) is 37.7 Å². The van der Waals surface area contributed by atoms with Crippen LogP contribution in [0.1, 0.15) is 16.8 Å². The van der Waals surface area contributed by atoms with Crippen LogP contribution in [0.25, 0.3) is 11.2 Å². The lowest BCUT2D eigenvalue weighted by Crippen LogP contribution is -2.26. The SMILES string of the molecule is COc1ccc(Br)c(C(=O)NCCCNc2ccc3nccnc3n2)c1. The van der Waals surface area contributed by atoms with E-state index in [9.17, 15) is 4.79 Å². The van der Waals surface area contributed by atoms with Gasteiger partial charge in [0.05, 0.1) is 12.7 Å². The van der Waals surface area contributed by atoms with E-state index in [1.165, 1.54) is 0 Å². The molecule has 3 rings (SSSR count). The van der Waals surface area contributed by atoms with Crippen molar-refractivity contribution in [3.63, 3.8) is 0 Å². The summed E-state index contributed by atoms with van der Waals surface area (Å²) in [7, 11) is 1.57. The number of benzene rings is 1. The molecule has 0 aliphatic rings. The summed E-state index contributed by atoms with van der Waals surface area (Å²) in [6.07, 6.45) is 4.01. The summed E-state index contributed by atoms with van der Waals surface area (Å²) in [4.78, 5) is 25.0. The summed E-state index contributed by atoms with van der Waals surface area (Å²) in [6.45, 7) is 1.22. The van der Waals surface area contributed by atoms with Gasteiger partial charge in [-0.25, -0.2) is 9.97 Å². The van der Waals surface area contributed by atoms with E-state index in [2.05, 4.69) is 41.5 Å². The third-order valence-electron chi connectivity index (χ3n) is 3.70. The largest absolute Gasteiger partial charge is 0.497 e. The number of nitrogens with one attached hydrogen (secondary N) is 2. The first-order chi connectivity index (χ1) is 12.7. The molecule has 0 spiro atoms. The molecule has 8 heteroatoms. The summed E-state index contributed by atoms with van der Waals surface area (Å²) in [5, 5.41) is 6.12. The van der Waals surface area contributed by atoms with E-state index in [4.69, 9.17) is 4.74 Å². The van der Waals surface area contributed by atoms with Crippen molar-refractivity contribution in [3.8, 4) is 5.75 Å². The van der Waals surface area contributed by atoms with Crippen LogP contribution in [-0.4, -0.2) is 41.1 Å². The number of amides is 1. The van der Waals surface area contributed by atoms with Gasteiger partial charge in [-0.3, -0.25) is 9.78 Å². The van der Waals surface area contributed by atoms with Crippen LogP contribution in [0.2, 0.25) is 0 Å². The molecule has 2 heterocycles. The number of carbonyl (C=O) groups is 1. The molecule has 0 bridgehead atoms. The maximum absolute atomic E-state index is 12.3. The number of fused-ring (bicyclic) bond motifs is 1. The predicted octanol–water partition coefficient (Wildman–Crippen LogP) is 3.03. The van der Waals surface area contributed by atoms with E-state index in [1.807, 2.05) is 12.1 Å². The minimum absolute atomic E-state index is 0.144. The van der Waals surface area contributed by atoms with E-state index < -0.39 is 0 Å². The smallest absolute Gasteiger partial charge is 0.252 e. The Morgan fingerprint density at radius 1 is 1.15 bits per heavy atom. The van der Waals surface area contributed by atoms with Gasteiger partial charge in [-0.15, -0.1) is 0 Å². The van der Waals surface area contributed by atoms with E-state index in [-0.39, 0.29) is 5.91 Å². The highest BCUT2D eigenvalue weighted by molar-refractivity contribution is 9.10. The zero-order chi connectivity index (χ0) is 18.4. The molecule has 134 valence electrons. The maximum Gasteiger partial charge on any atom is 0.252 e. The van der Waals surface area contributed by atoms with Crippen LogP contribution < -0.4 is 15.4 Å². The Kier molecular flexibility index (Phi) is 5.96. The normalized spacial score (nSPS) is 10.5. The lowest BCUT2D eigenvalue weighted by molar-refractivity contribution is 0.0952. The second-order valence-electron chi connectivity index (χ2n) is 5.48. The molecule has 1 aromatic carbocycles. The molecule has 7 nitrogen and oxygen atoms in total. The van der Waals surface area contributed by atoms with E-state index in [0.717, 1.165) is 22.2 Å². The second kappa shape index (κ2) is 8.57. The Morgan fingerprint density at radius 3 is 2.85 bits per heavy atom. The molecule has 0 saturated heterocycles. The highest BCUT2D eigenvalue weighted by Crippen LogP contribution is 2.22. The first kappa shape index (κ1) is 18.1. The average molecular weight is 416 g/mol. The van der Waals surface area contributed by atoms with Gasteiger partial charge in [-0.05, 0) is 52.7 Å². The number of ether oxygens (including phenoxy) is 1. The molecule has 1 amide bonds. The van der Waals surface area contributed by atoms with Gasteiger partial charge in [0.1, 0.15) is 17.1 Å². The van der Waals surface area contributed by atoms with Crippen molar-refractivity contribution in [3.05, 3.63) is 52.8 Å². The van der Waals surface area contributed by atoms with Crippen molar-refractivity contribution in [1.82, 2.24) is 20.3 Å². The fourth-order valence-electron chi connectivity index (χ4n) is 2.36. The Bertz CT molecular complexity index is 919. The summed E-state index contributed by atoms with van der Waals surface area (Å²) in [5.74, 6) is 1.24. The number of pyridine rings is 1. The summed E-state index contributed by atoms with van der Waals surface area (Å²) in [5.41, 5.74) is 1.91. The third-order valence-corrected chi connectivity index (χ3v) is 4.39. The number of hydrogen-bond donors (Lipinski definition) is 2. The van der Waals surface area contributed by atoms with Gasteiger partial charge in [-0.2, -0.15) is 0 Å². The van der Waals surface area contributed by atoms with Crippen LogP contribution in [-0.2, 0) is 0 Å². The minimum Gasteiger partial charge on any atom is -0.497 e. The molecule has 2 N–H and O–H groups in total. The van der Waals surface area contributed by atoms with Gasteiger partial charge in [0.15, 0.2) is 5.65 Å². The van der Waals surface area contributed by atoms with Crippen LogP contribution in [0.5, 0.6) is 5.75 Å². The zero-order valence-corrected chi connectivity index (χ0v) is 15.8. The first-order valence-corrected chi connectivity index (χ1v) is 8.90. The topological polar surface area (TPSA) is 89.0 Å². The van der Waals surface area contributed by atoms with Crippen molar-refractivity contribution in [2.24, 2.45) is 0 Å². The zero-order valence-electron chi connectivity index (χ0n) is 14.2. The Balaban J connectivity index is 1.47. The number of nitrogens with zero attached hydrogens (tertiary/aromatic N) is 3. The highest BCUT2D eigenvalue weighted by Gasteiger charge is 2.10. The Hall–Kier alpha value is -2.74. The Labute approximate surface area is 159 Å². The summed E-state index contributed by atoms with van der Waals surface area (Å²) in [6, 6.07) is 9.04. The van der Waals surface area contributed by atoms with Crippen LogP contribution in [0.4, 0.5) is 5.82 Å². The second-order valence-corrected chi connectivity index (χ2v) is 6.33. The number of carbonyl (C=O) groups excluding carboxylic acids is 1. The van der Waals surface area contributed by atoms with Crippen molar-refractivity contribution in [1.29, 1.82) is 0 Å². The third kappa shape index (κ3) is 4.45. The number of halogens is 1. The van der Waals surface area contributed by atoms with Crippen molar-refractivity contribution < 1.29 is 9.53 Å². The van der Waals surface area contributed by atoms with Crippen LogP contribution in [0.15, 0.2) is 47.2 Å². The van der Waals surface area contributed by atoms with Crippen molar-refractivity contribution in [2.75, 3.05) is 25.5 Å². The highest BCUT2D eigenvalue weighted by atomic mass is 79.9. The van der Waals surface area contributed by atoms with Gasteiger partial charge < -0.3 is 15.4 Å². The van der Waals surface area contributed by atoms with Crippen molar-refractivity contribution in [2.45, 2.75) is 6.42 Å². The molecule has 0 aliphatic carbocycles. The minimum atomic E-state index is -0.144. The molecule has 0 atom stereocenters. The molecule has 0 radical (unpaired) electrons. The Morgan fingerprint density at radius 2 is 2.00 bits per heavy atom. The number of aromatic nitrogens is 3. The maximum atomic E-state index is 12.3. The number of methoxy groups -OCH3 is 1. The molecular formula is C18H18BrN5O2. The van der Waals surface area contributed by atoms with Crippen LogP contribution in [0.3, 0.4) is 0 Å². The quantitative estimate of drug-likeness (QED) is 0.576. The van der Waals surface area contributed by atoms with E-state index >= 15 is 0 Å². The summed E-state index contributed by atoms with van der Waals surface area (Å²) < 4.78 is 5.89. The van der Waals surface area contributed by atoms with Gasteiger partial charge in [-0.1, -0.05) is 0 Å². The lowest BCUT2D eigenvalue weighted by atomic mass is 10.2.